The van der Waals surface area contributed by atoms with Crippen molar-refractivity contribution in [3.63, 3.8) is 0 Å². The summed E-state index contributed by atoms with van der Waals surface area (Å²) in [5, 5.41) is 3.51. The van der Waals surface area contributed by atoms with Crippen LogP contribution < -0.4 is 5.32 Å². The van der Waals surface area contributed by atoms with Gasteiger partial charge in [-0.1, -0.05) is 40.0 Å². The van der Waals surface area contributed by atoms with Crippen LogP contribution in [0.25, 0.3) is 0 Å². The third-order valence-electron chi connectivity index (χ3n) is 3.80. The molecule has 1 fully saturated rings. The smallest absolute Gasteiger partial charge is 0.241 e. The van der Waals surface area contributed by atoms with Crippen LogP contribution in [0.1, 0.15) is 59.3 Å². The highest BCUT2D eigenvalue weighted by molar-refractivity contribution is 5.84. The number of carbonyl (C=O) groups excluding carboxylic acids is 1. The molecule has 3 unspecified atom stereocenters. The molecule has 0 saturated carbocycles. The minimum atomic E-state index is 0.0118. The molecule has 0 aromatic carbocycles. The van der Waals surface area contributed by atoms with E-state index in [1.165, 1.54) is 0 Å². The average Bonchev–Trinajstić information content (AvgIpc) is 2.67. The van der Waals surface area contributed by atoms with Gasteiger partial charge in [0.25, 0.3) is 0 Å². The van der Waals surface area contributed by atoms with Gasteiger partial charge in [0.05, 0.1) is 24.9 Å². The number of hydrogen-bond acceptors (Lipinski definition) is 3. The Kier molecular flexibility index (Phi) is 7.39. The summed E-state index contributed by atoms with van der Waals surface area (Å²) < 4.78 is 5.32. The van der Waals surface area contributed by atoms with Gasteiger partial charge in [0, 0.05) is 7.11 Å². The van der Waals surface area contributed by atoms with Crippen molar-refractivity contribution < 1.29 is 9.53 Å². The fourth-order valence-corrected chi connectivity index (χ4v) is 2.97. The van der Waals surface area contributed by atoms with Crippen molar-refractivity contribution in [3.05, 3.63) is 0 Å². The molecule has 0 aromatic rings. The monoisotopic (exact) mass is 270 g/mol. The van der Waals surface area contributed by atoms with E-state index < -0.39 is 0 Å². The molecule has 4 nitrogen and oxygen atoms in total. The molecular formula is C15H30N2O2. The van der Waals surface area contributed by atoms with Crippen LogP contribution in [0.2, 0.25) is 0 Å². The zero-order valence-corrected chi connectivity index (χ0v) is 12.9. The summed E-state index contributed by atoms with van der Waals surface area (Å²) in [5.41, 5.74) is 0. The Hall–Kier alpha value is -0.610. The van der Waals surface area contributed by atoms with E-state index in [2.05, 4.69) is 31.0 Å². The van der Waals surface area contributed by atoms with Crippen molar-refractivity contribution in [2.24, 2.45) is 0 Å². The Labute approximate surface area is 117 Å². The lowest BCUT2D eigenvalue weighted by atomic mass is 10.1. The molecule has 4 heteroatoms. The Morgan fingerprint density at radius 2 is 1.89 bits per heavy atom. The van der Waals surface area contributed by atoms with Crippen LogP contribution in [-0.4, -0.2) is 42.8 Å². The molecule has 1 amide bonds. The average molecular weight is 270 g/mol. The summed E-state index contributed by atoms with van der Waals surface area (Å²) in [6.07, 6.45) is 6.37. The molecular weight excluding hydrogens is 240 g/mol. The third kappa shape index (κ3) is 4.18. The highest BCUT2D eigenvalue weighted by atomic mass is 16.5. The summed E-state index contributed by atoms with van der Waals surface area (Å²) >= 11 is 0. The number of amides is 1. The van der Waals surface area contributed by atoms with Crippen LogP contribution in [0.5, 0.6) is 0 Å². The maximum atomic E-state index is 12.6. The number of ether oxygens (including phenoxy) is 1. The van der Waals surface area contributed by atoms with Crippen molar-refractivity contribution >= 4 is 5.91 Å². The summed E-state index contributed by atoms with van der Waals surface area (Å²) in [6.45, 7) is 7.10. The molecule has 1 saturated heterocycles. The molecule has 19 heavy (non-hydrogen) atoms. The molecule has 0 bridgehead atoms. The molecule has 0 spiro atoms. The highest BCUT2D eigenvalue weighted by Gasteiger charge is 2.40. The zero-order valence-electron chi connectivity index (χ0n) is 12.9. The van der Waals surface area contributed by atoms with Crippen molar-refractivity contribution in [1.29, 1.82) is 0 Å². The summed E-state index contributed by atoms with van der Waals surface area (Å²) in [4.78, 5) is 14.6. The molecule has 1 rings (SSSR count). The van der Waals surface area contributed by atoms with E-state index in [1.54, 1.807) is 7.11 Å². The van der Waals surface area contributed by atoms with Crippen LogP contribution in [0.4, 0.5) is 0 Å². The van der Waals surface area contributed by atoms with Crippen LogP contribution >= 0.6 is 0 Å². The lowest BCUT2D eigenvalue weighted by Gasteiger charge is -2.32. The Morgan fingerprint density at radius 3 is 2.42 bits per heavy atom. The van der Waals surface area contributed by atoms with Crippen molar-refractivity contribution in [3.8, 4) is 0 Å². The number of hydrogen-bond donors (Lipinski definition) is 1. The third-order valence-corrected chi connectivity index (χ3v) is 3.80. The maximum absolute atomic E-state index is 12.6. The first-order chi connectivity index (χ1) is 9.19. The van der Waals surface area contributed by atoms with Gasteiger partial charge < -0.3 is 9.64 Å². The first kappa shape index (κ1) is 16.4. The van der Waals surface area contributed by atoms with E-state index in [1.807, 2.05) is 0 Å². The molecule has 112 valence electrons. The Balaban J connectivity index is 2.80. The number of rotatable bonds is 9. The fourth-order valence-electron chi connectivity index (χ4n) is 2.97. The predicted octanol–water partition coefficient (Wildman–Crippen LogP) is 2.53. The number of carbonyl (C=O) groups is 1. The molecule has 1 N–H and O–H groups in total. The van der Waals surface area contributed by atoms with Gasteiger partial charge in [0.1, 0.15) is 0 Å². The van der Waals surface area contributed by atoms with Gasteiger partial charge >= 0.3 is 0 Å². The van der Waals surface area contributed by atoms with E-state index in [0.29, 0.717) is 6.61 Å². The minimum absolute atomic E-state index is 0.0118. The van der Waals surface area contributed by atoms with Crippen LogP contribution in [-0.2, 0) is 9.53 Å². The number of nitrogens with one attached hydrogen (secondary N) is 1. The lowest BCUT2D eigenvalue weighted by Crippen LogP contribution is -2.46. The van der Waals surface area contributed by atoms with Gasteiger partial charge in [-0.2, -0.15) is 0 Å². The Morgan fingerprint density at radius 1 is 1.21 bits per heavy atom. The van der Waals surface area contributed by atoms with Crippen molar-refractivity contribution in [2.75, 3.05) is 13.7 Å². The van der Waals surface area contributed by atoms with E-state index in [9.17, 15) is 4.79 Å². The second-order valence-electron chi connectivity index (χ2n) is 5.46. The number of methoxy groups -OCH3 is 1. The van der Waals surface area contributed by atoms with Gasteiger partial charge in [-0.25, -0.2) is 0 Å². The van der Waals surface area contributed by atoms with Gasteiger partial charge in [-0.15, -0.1) is 0 Å². The molecule has 0 aromatic heterocycles. The molecule has 3 atom stereocenters. The second kappa shape index (κ2) is 8.54. The molecule has 1 aliphatic heterocycles. The molecule has 1 heterocycles. The minimum Gasteiger partial charge on any atom is -0.383 e. The predicted molar refractivity (Wildman–Crippen MR) is 77.9 cm³/mol. The normalized spacial score (nSPS) is 25.1. The van der Waals surface area contributed by atoms with Crippen LogP contribution in [0, 0.1) is 0 Å². The van der Waals surface area contributed by atoms with E-state index >= 15 is 0 Å². The van der Waals surface area contributed by atoms with E-state index in [0.717, 1.165) is 38.5 Å². The van der Waals surface area contributed by atoms with Gasteiger partial charge in [-0.05, 0) is 19.3 Å². The van der Waals surface area contributed by atoms with Crippen molar-refractivity contribution in [2.45, 2.75) is 77.5 Å². The quantitative estimate of drug-likeness (QED) is 0.700. The zero-order chi connectivity index (χ0) is 14.3. The molecule has 1 aliphatic rings. The largest absolute Gasteiger partial charge is 0.383 e. The lowest BCUT2D eigenvalue weighted by molar-refractivity contribution is -0.133. The molecule has 0 aliphatic carbocycles. The molecule has 0 radical (unpaired) electrons. The van der Waals surface area contributed by atoms with Crippen LogP contribution in [0.15, 0.2) is 0 Å². The van der Waals surface area contributed by atoms with Crippen molar-refractivity contribution in [1.82, 2.24) is 10.2 Å². The maximum Gasteiger partial charge on any atom is 0.241 e. The summed E-state index contributed by atoms with van der Waals surface area (Å²) in [6, 6.07) is 0.228. The van der Waals surface area contributed by atoms with Gasteiger partial charge in [0.15, 0.2) is 0 Å². The van der Waals surface area contributed by atoms with E-state index in [-0.39, 0.29) is 24.2 Å². The Bertz CT molecular complexity index is 265. The number of nitrogens with zero attached hydrogens (tertiary/aromatic N) is 1. The van der Waals surface area contributed by atoms with Gasteiger partial charge in [-0.3, -0.25) is 10.1 Å². The first-order valence-electron chi connectivity index (χ1n) is 7.76. The summed E-state index contributed by atoms with van der Waals surface area (Å²) in [5.74, 6) is 0.274. The SMILES string of the molecule is CCCC1NC(CCC)N(C(CCC)COC)C1=O. The highest BCUT2D eigenvalue weighted by Crippen LogP contribution is 2.23. The topological polar surface area (TPSA) is 41.6 Å². The first-order valence-corrected chi connectivity index (χ1v) is 7.76. The second-order valence-corrected chi connectivity index (χ2v) is 5.46. The van der Waals surface area contributed by atoms with E-state index in [4.69, 9.17) is 4.74 Å². The van der Waals surface area contributed by atoms with Crippen LogP contribution in [0.3, 0.4) is 0 Å². The fraction of sp³-hybridized carbons (Fsp3) is 0.933. The summed E-state index contributed by atoms with van der Waals surface area (Å²) in [7, 11) is 1.72. The standard InChI is InChI=1S/C15H30N2O2/c1-5-8-12(11-19-4)17-14(10-7-3)16-13(9-6-2)15(17)18/h12-14,16H,5-11H2,1-4H3. The van der Waals surface area contributed by atoms with Gasteiger partial charge in [0.2, 0.25) is 5.91 Å².